The number of aromatic nitrogens is 2. The van der Waals surface area contributed by atoms with Gasteiger partial charge in [0.15, 0.2) is 5.82 Å². The SMILES string of the molecule is CC(C)C[C@@H](Nc1nc(C2CCOCC2)no1)C(=O)O. The van der Waals surface area contributed by atoms with E-state index in [0.29, 0.717) is 25.5 Å². The van der Waals surface area contributed by atoms with Gasteiger partial charge in [-0.3, -0.25) is 0 Å². The smallest absolute Gasteiger partial charge is 0.326 e. The molecule has 0 spiro atoms. The van der Waals surface area contributed by atoms with Crippen molar-refractivity contribution in [2.75, 3.05) is 18.5 Å². The van der Waals surface area contributed by atoms with Crippen molar-refractivity contribution in [2.24, 2.45) is 5.92 Å². The molecule has 0 unspecified atom stereocenters. The molecule has 1 aliphatic heterocycles. The minimum Gasteiger partial charge on any atom is -0.480 e. The first-order valence-electron chi connectivity index (χ1n) is 6.97. The monoisotopic (exact) mass is 283 g/mol. The lowest BCUT2D eigenvalue weighted by molar-refractivity contribution is -0.138. The lowest BCUT2D eigenvalue weighted by Crippen LogP contribution is -2.30. The first kappa shape index (κ1) is 14.8. The van der Waals surface area contributed by atoms with Crippen LogP contribution in [0.5, 0.6) is 0 Å². The van der Waals surface area contributed by atoms with Gasteiger partial charge in [-0.1, -0.05) is 19.0 Å². The van der Waals surface area contributed by atoms with Crippen molar-refractivity contribution in [1.82, 2.24) is 10.1 Å². The zero-order valence-electron chi connectivity index (χ0n) is 11.8. The van der Waals surface area contributed by atoms with Gasteiger partial charge in [-0.2, -0.15) is 4.98 Å². The molecule has 1 fully saturated rings. The number of hydrogen-bond donors (Lipinski definition) is 2. The van der Waals surface area contributed by atoms with Crippen LogP contribution in [0, 0.1) is 5.92 Å². The Balaban J connectivity index is 1.98. The fraction of sp³-hybridized carbons (Fsp3) is 0.769. The molecule has 0 aromatic carbocycles. The lowest BCUT2D eigenvalue weighted by atomic mass is 10.00. The van der Waals surface area contributed by atoms with E-state index in [4.69, 9.17) is 9.26 Å². The molecule has 1 aromatic rings. The fourth-order valence-electron chi connectivity index (χ4n) is 2.26. The highest BCUT2D eigenvalue weighted by Crippen LogP contribution is 2.25. The highest BCUT2D eigenvalue weighted by molar-refractivity contribution is 5.76. The summed E-state index contributed by atoms with van der Waals surface area (Å²) in [7, 11) is 0. The Morgan fingerprint density at radius 3 is 2.75 bits per heavy atom. The standard InChI is InChI=1S/C13H21N3O4/c1-8(2)7-10(12(17)18)14-13-15-11(16-20-13)9-3-5-19-6-4-9/h8-10H,3-7H2,1-2H3,(H,17,18)(H,14,15,16)/t10-/m1/s1. The summed E-state index contributed by atoms with van der Waals surface area (Å²) in [5.41, 5.74) is 0. The number of anilines is 1. The van der Waals surface area contributed by atoms with E-state index in [1.807, 2.05) is 13.8 Å². The second-order valence-electron chi connectivity index (χ2n) is 5.51. The maximum atomic E-state index is 11.2. The van der Waals surface area contributed by atoms with Crippen LogP contribution in [0.1, 0.15) is 44.9 Å². The van der Waals surface area contributed by atoms with Crippen LogP contribution in [0.15, 0.2) is 4.52 Å². The normalized spacial score (nSPS) is 18.1. The van der Waals surface area contributed by atoms with E-state index in [1.165, 1.54) is 0 Å². The number of rotatable bonds is 6. The molecule has 2 heterocycles. The molecule has 0 bridgehead atoms. The zero-order chi connectivity index (χ0) is 14.5. The second kappa shape index (κ2) is 6.69. The molecule has 2 rings (SSSR count). The number of carboxylic acids is 1. The molecule has 0 saturated carbocycles. The quantitative estimate of drug-likeness (QED) is 0.822. The molecular formula is C13H21N3O4. The predicted octanol–water partition coefficient (Wildman–Crippen LogP) is 1.87. The molecule has 0 aliphatic carbocycles. The van der Waals surface area contributed by atoms with E-state index in [9.17, 15) is 9.90 Å². The van der Waals surface area contributed by atoms with Crippen LogP contribution in [0.4, 0.5) is 6.01 Å². The Kier molecular flexibility index (Phi) is 4.94. The Labute approximate surface area is 117 Å². The third-order valence-electron chi connectivity index (χ3n) is 3.33. The average molecular weight is 283 g/mol. The van der Waals surface area contributed by atoms with E-state index in [1.54, 1.807) is 0 Å². The van der Waals surface area contributed by atoms with E-state index >= 15 is 0 Å². The summed E-state index contributed by atoms with van der Waals surface area (Å²) in [6.45, 7) is 5.35. The number of nitrogens with zero attached hydrogens (tertiary/aromatic N) is 2. The predicted molar refractivity (Wildman–Crippen MR) is 71.6 cm³/mol. The van der Waals surface area contributed by atoms with E-state index < -0.39 is 12.0 Å². The molecule has 1 aromatic heterocycles. The van der Waals surface area contributed by atoms with Crippen LogP contribution in [0.3, 0.4) is 0 Å². The topological polar surface area (TPSA) is 97.5 Å². The van der Waals surface area contributed by atoms with Crippen LogP contribution >= 0.6 is 0 Å². The molecule has 7 nitrogen and oxygen atoms in total. The van der Waals surface area contributed by atoms with Gasteiger partial charge in [0.2, 0.25) is 0 Å². The van der Waals surface area contributed by atoms with Crippen LogP contribution in [-0.2, 0) is 9.53 Å². The maximum absolute atomic E-state index is 11.2. The van der Waals surface area contributed by atoms with Gasteiger partial charge in [0, 0.05) is 19.1 Å². The molecule has 20 heavy (non-hydrogen) atoms. The van der Waals surface area contributed by atoms with E-state index in [0.717, 1.165) is 12.8 Å². The van der Waals surface area contributed by atoms with Crippen molar-refractivity contribution in [1.29, 1.82) is 0 Å². The van der Waals surface area contributed by atoms with E-state index in [-0.39, 0.29) is 17.9 Å². The van der Waals surface area contributed by atoms with E-state index in [2.05, 4.69) is 15.5 Å². The van der Waals surface area contributed by atoms with Gasteiger partial charge >= 0.3 is 12.0 Å². The molecule has 7 heteroatoms. The number of aliphatic carboxylic acids is 1. The Hall–Kier alpha value is -1.63. The van der Waals surface area contributed by atoms with Gasteiger partial charge in [0.1, 0.15) is 6.04 Å². The molecule has 0 amide bonds. The Morgan fingerprint density at radius 2 is 2.15 bits per heavy atom. The van der Waals surface area contributed by atoms with Crippen molar-refractivity contribution < 1.29 is 19.2 Å². The first-order valence-corrected chi connectivity index (χ1v) is 6.97. The summed E-state index contributed by atoms with van der Waals surface area (Å²) in [5, 5.41) is 15.9. The zero-order valence-corrected chi connectivity index (χ0v) is 11.8. The summed E-state index contributed by atoms with van der Waals surface area (Å²) in [5.74, 6) is 0.215. The van der Waals surface area contributed by atoms with Crippen molar-refractivity contribution in [3.05, 3.63) is 5.82 Å². The number of carbonyl (C=O) groups is 1. The van der Waals surface area contributed by atoms with Gasteiger partial charge in [0.25, 0.3) is 0 Å². The summed E-state index contributed by atoms with van der Waals surface area (Å²) in [6.07, 6.45) is 2.24. The third kappa shape index (κ3) is 3.93. The Morgan fingerprint density at radius 1 is 1.45 bits per heavy atom. The average Bonchev–Trinajstić information content (AvgIpc) is 2.87. The van der Waals surface area contributed by atoms with Gasteiger partial charge in [-0.25, -0.2) is 4.79 Å². The summed E-state index contributed by atoms with van der Waals surface area (Å²) in [4.78, 5) is 15.4. The highest BCUT2D eigenvalue weighted by atomic mass is 16.5. The fourth-order valence-corrected chi connectivity index (χ4v) is 2.26. The highest BCUT2D eigenvalue weighted by Gasteiger charge is 2.24. The van der Waals surface area contributed by atoms with Crippen molar-refractivity contribution in [2.45, 2.75) is 45.1 Å². The second-order valence-corrected chi connectivity index (χ2v) is 5.51. The number of carboxylic acid groups (broad SMARTS) is 1. The van der Waals surface area contributed by atoms with Crippen molar-refractivity contribution >= 4 is 12.0 Å². The molecule has 0 radical (unpaired) electrons. The Bertz CT molecular complexity index is 441. The van der Waals surface area contributed by atoms with Gasteiger partial charge in [-0.05, 0) is 25.2 Å². The summed E-state index contributed by atoms with van der Waals surface area (Å²) >= 11 is 0. The lowest BCUT2D eigenvalue weighted by Gasteiger charge is -2.18. The molecular weight excluding hydrogens is 262 g/mol. The minimum absolute atomic E-state index is 0.180. The van der Waals surface area contributed by atoms with Crippen LogP contribution in [0.2, 0.25) is 0 Å². The number of ether oxygens (including phenoxy) is 1. The summed E-state index contributed by atoms with van der Waals surface area (Å²) in [6, 6.07) is -0.530. The van der Waals surface area contributed by atoms with Crippen LogP contribution in [-0.4, -0.2) is 40.5 Å². The molecule has 2 N–H and O–H groups in total. The van der Waals surface area contributed by atoms with Gasteiger partial charge in [-0.15, -0.1) is 0 Å². The summed E-state index contributed by atoms with van der Waals surface area (Å²) < 4.78 is 10.4. The van der Waals surface area contributed by atoms with Crippen LogP contribution in [0.25, 0.3) is 0 Å². The number of nitrogens with one attached hydrogen (secondary N) is 1. The first-order chi connectivity index (χ1) is 9.56. The maximum Gasteiger partial charge on any atom is 0.326 e. The third-order valence-corrected chi connectivity index (χ3v) is 3.33. The van der Waals surface area contributed by atoms with Crippen molar-refractivity contribution in [3.63, 3.8) is 0 Å². The van der Waals surface area contributed by atoms with Gasteiger partial charge in [0.05, 0.1) is 0 Å². The number of hydrogen-bond acceptors (Lipinski definition) is 6. The minimum atomic E-state index is -0.912. The largest absolute Gasteiger partial charge is 0.480 e. The van der Waals surface area contributed by atoms with Gasteiger partial charge < -0.3 is 19.7 Å². The van der Waals surface area contributed by atoms with Crippen LogP contribution < -0.4 is 5.32 Å². The molecule has 1 aliphatic rings. The molecule has 1 atom stereocenters. The van der Waals surface area contributed by atoms with Crippen molar-refractivity contribution in [3.8, 4) is 0 Å². The molecule has 1 saturated heterocycles. The molecule has 112 valence electrons.